The van der Waals surface area contributed by atoms with Crippen molar-refractivity contribution in [2.75, 3.05) is 6.54 Å². The topological polar surface area (TPSA) is 101 Å². The average Bonchev–Trinajstić information content (AvgIpc) is 3.09. The predicted molar refractivity (Wildman–Crippen MR) is 89.7 cm³/mol. The van der Waals surface area contributed by atoms with E-state index >= 15 is 0 Å². The molecule has 1 saturated carbocycles. The summed E-state index contributed by atoms with van der Waals surface area (Å²) >= 11 is 1.12. The van der Waals surface area contributed by atoms with E-state index in [-0.39, 0.29) is 34.5 Å². The van der Waals surface area contributed by atoms with Gasteiger partial charge in [0.05, 0.1) is 6.04 Å². The van der Waals surface area contributed by atoms with Gasteiger partial charge in [0, 0.05) is 6.04 Å². The molecule has 4 N–H and O–H groups in total. The van der Waals surface area contributed by atoms with Crippen LogP contribution in [0.3, 0.4) is 0 Å². The number of carbonyl (C=O) groups is 1. The minimum atomic E-state index is -3.63. The van der Waals surface area contributed by atoms with Crippen LogP contribution in [0, 0.1) is 5.92 Å². The van der Waals surface area contributed by atoms with Gasteiger partial charge in [-0.3, -0.25) is 4.79 Å². The summed E-state index contributed by atoms with van der Waals surface area (Å²) in [6, 6.07) is 2.42. The summed E-state index contributed by atoms with van der Waals surface area (Å²) in [4.78, 5) is 12.1. The van der Waals surface area contributed by atoms with E-state index in [9.17, 15) is 13.2 Å². The highest BCUT2D eigenvalue weighted by Crippen LogP contribution is 2.24. The van der Waals surface area contributed by atoms with Crippen LogP contribution in [-0.4, -0.2) is 33.0 Å². The van der Waals surface area contributed by atoms with Crippen LogP contribution < -0.4 is 15.8 Å². The van der Waals surface area contributed by atoms with Gasteiger partial charge in [0.15, 0.2) is 0 Å². The zero-order valence-electron chi connectivity index (χ0n) is 12.3. The number of nitrogens with two attached hydrogens (primary N) is 1. The van der Waals surface area contributed by atoms with E-state index in [0.29, 0.717) is 6.54 Å². The van der Waals surface area contributed by atoms with Crippen molar-refractivity contribution < 1.29 is 13.2 Å². The second kappa shape index (κ2) is 8.26. The van der Waals surface area contributed by atoms with Crippen LogP contribution in [0.1, 0.15) is 26.2 Å². The Morgan fingerprint density at radius 1 is 1.50 bits per heavy atom. The number of carbonyl (C=O) groups excluding carboxylic acids is 1. The van der Waals surface area contributed by atoms with Gasteiger partial charge in [-0.25, -0.2) is 8.42 Å². The molecular formula is C13H22ClN3O3S2. The SMILES string of the molecule is CC(NS(=O)(=O)c1cccs1)C(=O)NC1CCCC1CN.Cl. The van der Waals surface area contributed by atoms with Crippen LogP contribution >= 0.6 is 23.7 Å². The molecule has 9 heteroatoms. The van der Waals surface area contributed by atoms with Crippen molar-refractivity contribution in [2.24, 2.45) is 11.7 Å². The fourth-order valence-corrected chi connectivity index (χ4v) is 4.79. The molecule has 3 atom stereocenters. The monoisotopic (exact) mass is 367 g/mol. The fourth-order valence-electron chi connectivity index (χ4n) is 2.58. The maximum absolute atomic E-state index is 12.1. The molecule has 1 heterocycles. The van der Waals surface area contributed by atoms with Crippen molar-refractivity contribution >= 4 is 39.7 Å². The first-order valence-electron chi connectivity index (χ1n) is 7.00. The molecule has 6 nitrogen and oxygen atoms in total. The minimum absolute atomic E-state index is 0. The van der Waals surface area contributed by atoms with E-state index in [1.807, 2.05) is 0 Å². The summed E-state index contributed by atoms with van der Waals surface area (Å²) in [5.41, 5.74) is 5.68. The Kier molecular flexibility index (Phi) is 7.27. The lowest BCUT2D eigenvalue weighted by molar-refractivity contribution is -0.123. The van der Waals surface area contributed by atoms with Crippen molar-refractivity contribution in [3.63, 3.8) is 0 Å². The molecule has 0 spiro atoms. The first-order valence-corrected chi connectivity index (χ1v) is 9.36. The van der Waals surface area contributed by atoms with Crippen LogP contribution in [0.15, 0.2) is 21.7 Å². The highest BCUT2D eigenvalue weighted by molar-refractivity contribution is 7.91. The molecule has 0 saturated heterocycles. The van der Waals surface area contributed by atoms with Crippen molar-refractivity contribution in [3.05, 3.63) is 17.5 Å². The van der Waals surface area contributed by atoms with Gasteiger partial charge in [-0.05, 0) is 43.7 Å². The second-order valence-electron chi connectivity index (χ2n) is 5.32. The molecule has 126 valence electrons. The Bertz CT molecular complexity index is 577. The van der Waals surface area contributed by atoms with Crippen LogP contribution in [0.2, 0.25) is 0 Å². The lowest BCUT2D eigenvalue weighted by Crippen LogP contribution is -2.49. The third-order valence-corrected chi connectivity index (χ3v) is 6.71. The molecule has 3 unspecified atom stereocenters. The number of rotatable bonds is 6. The number of nitrogens with one attached hydrogen (secondary N) is 2. The van der Waals surface area contributed by atoms with E-state index in [2.05, 4.69) is 10.0 Å². The minimum Gasteiger partial charge on any atom is -0.352 e. The largest absolute Gasteiger partial charge is 0.352 e. The lowest BCUT2D eigenvalue weighted by Gasteiger charge is -2.22. The third kappa shape index (κ3) is 4.66. The van der Waals surface area contributed by atoms with Crippen molar-refractivity contribution in [3.8, 4) is 0 Å². The summed E-state index contributed by atoms with van der Waals surface area (Å²) < 4.78 is 26.7. The van der Waals surface area contributed by atoms with Gasteiger partial charge in [0.1, 0.15) is 4.21 Å². The van der Waals surface area contributed by atoms with E-state index in [1.165, 1.54) is 6.07 Å². The number of hydrogen-bond donors (Lipinski definition) is 3. The number of sulfonamides is 1. The lowest BCUT2D eigenvalue weighted by atomic mass is 10.0. The van der Waals surface area contributed by atoms with Gasteiger partial charge in [-0.2, -0.15) is 4.72 Å². The Labute approximate surface area is 141 Å². The molecule has 0 bridgehead atoms. The Morgan fingerprint density at radius 2 is 2.23 bits per heavy atom. The molecule has 1 aromatic heterocycles. The molecule has 1 amide bonds. The fraction of sp³-hybridized carbons (Fsp3) is 0.615. The first-order chi connectivity index (χ1) is 9.94. The van der Waals surface area contributed by atoms with Crippen LogP contribution in [-0.2, 0) is 14.8 Å². The number of amides is 1. The van der Waals surface area contributed by atoms with Crippen molar-refractivity contribution in [1.29, 1.82) is 0 Å². The standard InChI is InChI=1S/C13H21N3O3S2.ClH/c1-9(16-21(18,19)12-6-3-7-20-12)13(17)15-11-5-2-4-10(11)8-14;/h3,6-7,9-11,16H,2,4-5,8,14H2,1H3,(H,15,17);1H. The van der Waals surface area contributed by atoms with Gasteiger partial charge in [-0.1, -0.05) is 12.5 Å². The summed E-state index contributed by atoms with van der Waals surface area (Å²) in [6.45, 7) is 2.09. The molecule has 1 fully saturated rings. The third-order valence-electron chi connectivity index (χ3n) is 3.77. The van der Waals surface area contributed by atoms with Crippen LogP contribution in [0.4, 0.5) is 0 Å². The van der Waals surface area contributed by atoms with Crippen molar-refractivity contribution in [1.82, 2.24) is 10.0 Å². The van der Waals surface area contributed by atoms with E-state index in [1.54, 1.807) is 18.4 Å². The molecule has 2 rings (SSSR count). The highest BCUT2D eigenvalue weighted by atomic mass is 35.5. The molecule has 0 aromatic carbocycles. The molecule has 1 aliphatic carbocycles. The molecule has 0 radical (unpaired) electrons. The quantitative estimate of drug-likeness (QED) is 0.700. The molecule has 0 aliphatic heterocycles. The molecular weight excluding hydrogens is 346 g/mol. The maximum atomic E-state index is 12.1. The van der Waals surface area contributed by atoms with Crippen molar-refractivity contribution in [2.45, 2.75) is 42.5 Å². The normalized spacial score (nSPS) is 22.8. The molecule has 22 heavy (non-hydrogen) atoms. The second-order valence-corrected chi connectivity index (χ2v) is 8.21. The summed E-state index contributed by atoms with van der Waals surface area (Å²) in [7, 11) is -3.63. The van der Waals surface area contributed by atoms with E-state index in [4.69, 9.17) is 5.73 Å². The smallest absolute Gasteiger partial charge is 0.250 e. The Hall–Kier alpha value is -0.670. The first kappa shape index (κ1) is 19.4. The van der Waals surface area contributed by atoms with Crippen LogP contribution in [0.25, 0.3) is 0 Å². The van der Waals surface area contributed by atoms with E-state index in [0.717, 1.165) is 30.6 Å². The van der Waals surface area contributed by atoms with Gasteiger partial charge in [0.25, 0.3) is 10.0 Å². The summed E-state index contributed by atoms with van der Waals surface area (Å²) in [5, 5.41) is 4.59. The van der Waals surface area contributed by atoms with Crippen LogP contribution in [0.5, 0.6) is 0 Å². The van der Waals surface area contributed by atoms with E-state index < -0.39 is 16.1 Å². The Balaban J connectivity index is 0.00000242. The Morgan fingerprint density at radius 3 is 2.82 bits per heavy atom. The number of hydrogen-bond acceptors (Lipinski definition) is 5. The average molecular weight is 368 g/mol. The zero-order valence-corrected chi connectivity index (χ0v) is 14.8. The number of halogens is 1. The van der Waals surface area contributed by atoms with Gasteiger partial charge in [0.2, 0.25) is 5.91 Å². The van der Waals surface area contributed by atoms with Gasteiger partial charge in [-0.15, -0.1) is 23.7 Å². The molecule has 1 aromatic rings. The van der Waals surface area contributed by atoms with Gasteiger partial charge < -0.3 is 11.1 Å². The molecule has 1 aliphatic rings. The number of thiophene rings is 1. The summed E-state index contributed by atoms with van der Waals surface area (Å²) in [6.07, 6.45) is 2.96. The maximum Gasteiger partial charge on any atom is 0.250 e. The highest BCUT2D eigenvalue weighted by Gasteiger charge is 2.30. The summed E-state index contributed by atoms with van der Waals surface area (Å²) in [5.74, 6) is -0.0180. The zero-order chi connectivity index (χ0) is 15.5. The van der Waals surface area contributed by atoms with Gasteiger partial charge >= 0.3 is 0 Å². The predicted octanol–water partition coefficient (Wildman–Crippen LogP) is 1.08.